The molecule has 0 aliphatic carbocycles. The molecule has 0 aliphatic heterocycles. The number of unbranched alkanes of at least 4 members (excludes halogenated alkanes) is 1. The highest BCUT2D eigenvalue weighted by molar-refractivity contribution is 7.80. The Kier molecular flexibility index (Phi) is 13.6. The van der Waals surface area contributed by atoms with Crippen LogP contribution in [0, 0.1) is 0 Å². The van der Waals surface area contributed by atoms with Gasteiger partial charge >= 0.3 is 11.9 Å². The Bertz CT molecular complexity index is 707. The summed E-state index contributed by atoms with van der Waals surface area (Å²) in [5.74, 6) is -6.67. The third-order valence-electron chi connectivity index (χ3n) is 4.14. The lowest BCUT2D eigenvalue weighted by Crippen LogP contribution is -2.58. The predicted octanol–water partition coefficient (Wildman–Crippen LogP) is -3.74. The Labute approximate surface area is 189 Å². The topological polar surface area (TPSA) is 257 Å². The number of hydrogen-bond acceptors (Lipinski definition) is 9. The van der Waals surface area contributed by atoms with E-state index >= 15 is 0 Å². The largest absolute Gasteiger partial charge is 0.481 e. The SMILES string of the molecule is NCCCCC(NC(=O)C(CC(N)=O)NC(=O)C(N)CS)C(=O)NC(CC(=O)O)C(=O)O. The summed E-state index contributed by atoms with van der Waals surface area (Å²) in [6.07, 6.45) is -0.600. The molecule has 4 amide bonds. The second-order valence-corrected chi connectivity index (χ2v) is 7.23. The average Bonchev–Trinajstić information content (AvgIpc) is 2.70. The number of carboxylic acid groups (broad SMARTS) is 2. The third kappa shape index (κ3) is 11.5. The van der Waals surface area contributed by atoms with Gasteiger partial charge in [0.25, 0.3) is 0 Å². The van der Waals surface area contributed by atoms with Crippen molar-refractivity contribution in [2.24, 2.45) is 17.2 Å². The van der Waals surface area contributed by atoms with Crippen molar-refractivity contribution < 1.29 is 39.0 Å². The number of carbonyl (C=O) groups is 6. The van der Waals surface area contributed by atoms with E-state index in [4.69, 9.17) is 27.4 Å². The zero-order valence-corrected chi connectivity index (χ0v) is 18.2. The molecule has 14 nitrogen and oxygen atoms in total. The van der Waals surface area contributed by atoms with Crippen molar-refractivity contribution in [3.05, 3.63) is 0 Å². The number of carboxylic acids is 2. The number of nitrogens with two attached hydrogens (primary N) is 3. The van der Waals surface area contributed by atoms with Crippen molar-refractivity contribution in [1.82, 2.24) is 16.0 Å². The van der Waals surface area contributed by atoms with E-state index in [-0.39, 0.29) is 12.2 Å². The number of hydrogen-bond donors (Lipinski definition) is 9. The van der Waals surface area contributed by atoms with Gasteiger partial charge in [-0.2, -0.15) is 12.6 Å². The average molecular weight is 479 g/mol. The lowest BCUT2D eigenvalue weighted by atomic mass is 10.1. The quantitative estimate of drug-likeness (QED) is 0.0773. The first-order valence-electron chi connectivity index (χ1n) is 9.63. The van der Waals surface area contributed by atoms with Gasteiger partial charge in [-0.15, -0.1) is 0 Å². The zero-order chi connectivity index (χ0) is 24.8. The molecule has 0 spiro atoms. The van der Waals surface area contributed by atoms with Crippen LogP contribution >= 0.6 is 12.6 Å². The summed E-state index contributed by atoms with van der Waals surface area (Å²) in [5, 5.41) is 24.5. The standard InChI is InChI=1S/C17H30N6O8S/c18-4-2-1-3-9(15(28)23-11(17(30)31)6-13(25)26)21-16(29)10(5-12(20)24)22-14(27)8(19)7-32/h8-11,32H,1-7,18-19H2,(H2,20,24)(H,21,29)(H,22,27)(H,23,28)(H,25,26)(H,30,31). The molecule has 4 atom stereocenters. The van der Waals surface area contributed by atoms with E-state index in [0.29, 0.717) is 19.4 Å². The molecule has 32 heavy (non-hydrogen) atoms. The molecule has 182 valence electrons. The Balaban J connectivity index is 5.50. The molecule has 0 rings (SSSR count). The number of amides is 4. The van der Waals surface area contributed by atoms with Gasteiger partial charge in [-0.1, -0.05) is 0 Å². The lowest BCUT2D eigenvalue weighted by molar-refractivity contribution is -0.147. The van der Waals surface area contributed by atoms with E-state index in [9.17, 15) is 28.8 Å². The van der Waals surface area contributed by atoms with Crippen molar-refractivity contribution >= 4 is 48.2 Å². The summed E-state index contributed by atoms with van der Waals surface area (Å²) in [7, 11) is 0. The number of nitrogens with one attached hydrogen (secondary N) is 3. The van der Waals surface area contributed by atoms with Crippen LogP contribution in [0.1, 0.15) is 32.1 Å². The van der Waals surface area contributed by atoms with Gasteiger partial charge in [-0.05, 0) is 25.8 Å². The van der Waals surface area contributed by atoms with Crippen LogP contribution in [0.5, 0.6) is 0 Å². The molecule has 0 saturated carbocycles. The molecule has 0 aromatic heterocycles. The van der Waals surface area contributed by atoms with Crippen LogP contribution in [0.25, 0.3) is 0 Å². The van der Waals surface area contributed by atoms with Crippen molar-refractivity contribution in [1.29, 1.82) is 0 Å². The van der Waals surface area contributed by atoms with Crippen LogP contribution in [0.2, 0.25) is 0 Å². The van der Waals surface area contributed by atoms with Crippen LogP contribution in [-0.2, 0) is 28.8 Å². The maximum Gasteiger partial charge on any atom is 0.326 e. The fraction of sp³-hybridized carbons (Fsp3) is 0.647. The number of primary amides is 1. The summed E-state index contributed by atoms with van der Waals surface area (Å²) in [6.45, 7) is 0.293. The Morgan fingerprint density at radius 3 is 1.81 bits per heavy atom. The van der Waals surface area contributed by atoms with E-state index in [1.54, 1.807) is 0 Å². The predicted molar refractivity (Wildman–Crippen MR) is 114 cm³/mol. The minimum atomic E-state index is -1.73. The molecule has 0 aromatic rings. The van der Waals surface area contributed by atoms with Gasteiger partial charge in [0, 0.05) is 5.75 Å². The molecule has 0 fully saturated rings. The maximum absolute atomic E-state index is 12.7. The van der Waals surface area contributed by atoms with E-state index in [1.807, 2.05) is 0 Å². The van der Waals surface area contributed by atoms with Crippen molar-refractivity contribution in [2.45, 2.75) is 56.3 Å². The summed E-state index contributed by atoms with van der Waals surface area (Å²) in [6, 6.07) is -5.55. The van der Waals surface area contributed by atoms with Gasteiger partial charge in [0.15, 0.2) is 0 Å². The van der Waals surface area contributed by atoms with Gasteiger partial charge in [0.2, 0.25) is 23.6 Å². The van der Waals surface area contributed by atoms with Crippen LogP contribution < -0.4 is 33.2 Å². The third-order valence-corrected chi connectivity index (χ3v) is 4.54. The Morgan fingerprint density at radius 1 is 0.812 bits per heavy atom. The molecule has 0 heterocycles. The summed E-state index contributed by atoms with van der Waals surface area (Å²) < 4.78 is 0. The number of thiol groups is 1. The smallest absolute Gasteiger partial charge is 0.326 e. The van der Waals surface area contributed by atoms with Crippen LogP contribution in [0.4, 0.5) is 0 Å². The zero-order valence-electron chi connectivity index (χ0n) is 17.3. The molecule has 0 radical (unpaired) electrons. The van der Waals surface area contributed by atoms with E-state index in [1.165, 1.54) is 0 Å². The summed E-state index contributed by atoms with van der Waals surface area (Å²) >= 11 is 3.87. The molecule has 0 aromatic carbocycles. The first-order chi connectivity index (χ1) is 14.9. The minimum absolute atomic E-state index is 0.0293. The van der Waals surface area contributed by atoms with Gasteiger partial charge in [-0.3, -0.25) is 24.0 Å². The first kappa shape index (κ1) is 29.1. The van der Waals surface area contributed by atoms with E-state index in [0.717, 1.165) is 0 Å². The molecule has 0 aliphatic rings. The van der Waals surface area contributed by atoms with Crippen molar-refractivity contribution in [3.8, 4) is 0 Å². The van der Waals surface area contributed by atoms with E-state index < -0.39 is 72.6 Å². The summed E-state index contributed by atoms with van der Waals surface area (Å²) in [5.41, 5.74) is 16.1. The first-order valence-corrected chi connectivity index (χ1v) is 10.3. The highest BCUT2D eigenvalue weighted by Gasteiger charge is 2.31. The molecule has 4 unspecified atom stereocenters. The van der Waals surface area contributed by atoms with Crippen LogP contribution in [-0.4, -0.2) is 82.2 Å². The van der Waals surface area contributed by atoms with Crippen molar-refractivity contribution in [3.63, 3.8) is 0 Å². The van der Waals surface area contributed by atoms with Gasteiger partial charge in [-0.25, -0.2) is 4.79 Å². The Morgan fingerprint density at radius 2 is 1.34 bits per heavy atom. The number of aliphatic carboxylic acids is 2. The maximum atomic E-state index is 12.7. The summed E-state index contributed by atoms with van der Waals surface area (Å²) in [4.78, 5) is 70.6. The monoisotopic (exact) mass is 478 g/mol. The molecule has 11 N–H and O–H groups in total. The van der Waals surface area contributed by atoms with E-state index in [2.05, 4.69) is 28.6 Å². The van der Waals surface area contributed by atoms with Gasteiger partial charge in [0.05, 0.1) is 18.9 Å². The van der Waals surface area contributed by atoms with Crippen LogP contribution in [0.15, 0.2) is 0 Å². The normalized spacial score (nSPS) is 14.3. The molecule has 0 bridgehead atoms. The highest BCUT2D eigenvalue weighted by atomic mass is 32.1. The Hall–Kier alpha value is -2.91. The lowest BCUT2D eigenvalue weighted by Gasteiger charge is -2.24. The fourth-order valence-corrected chi connectivity index (χ4v) is 2.62. The number of carbonyl (C=O) groups excluding carboxylic acids is 4. The van der Waals surface area contributed by atoms with Gasteiger partial charge in [0.1, 0.15) is 18.1 Å². The molecule has 15 heteroatoms. The molecular weight excluding hydrogens is 448 g/mol. The fourth-order valence-electron chi connectivity index (χ4n) is 2.45. The minimum Gasteiger partial charge on any atom is -0.481 e. The number of rotatable bonds is 16. The second-order valence-electron chi connectivity index (χ2n) is 6.86. The molecule has 0 saturated heterocycles. The van der Waals surface area contributed by atoms with Crippen LogP contribution in [0.3, 0.4) is 0 Å². The highest BCUT2D eigenvalue weighted by Crippen LogP contribution is 2.05. The second kappa shape index (κ2) is 15.0. The van der Waals surface area contributed by atoms with Gasteiger partial charge < -0.3 is 43.4 Å². The van der Waals surface area contributed by atoms with Crippen molar-refractivity contribution in [2.75, 3.05) is 12.3 Å². The molecular formula is C17H30N6O8S.